The lowest BCUT2D eigenvalue weighted by atomic mass is 10.0. The molecule has 0 unspecified atom stereocenters. The Balaban J connectivity index is 0.00000196. The van der Waals surface area contributed by atoms with Crippen LogP contribution in [0.5, 0.6) is 0 Å². The van der Waals surface area contributed by atoms with Gasteiger partial charge >= 0.3 is 0 Å². The van der Waals surface area contributed by atoms with E-state index < -0.39 is 0 Å². The van der Waals surface area contributed by atoms with Crippen LogP contribution in [0.25, 0.3) is 0 Å². The van der Waals surface area contributed by atoms with Crippen LogP contribution in [0.2, 0.25) is 5.02 Å². The van der Waals surface area contributed by atoms with Crippen molar-refractivity contribution >= 4 is 24.0 Å². The molecule has 0 heterocycles. The minimum Gasteiger partial charge on any atom is -0.324 e. The molecule has 0 aromatic heterocycles. The molecule has 0 spiro atoms. The fourth-order valence-corrected chi connectivity index (χ4v) is 1.48. The molecule has 0 fully saturated rings. The van der Waals surface area contributed by atoms with E-state index in [9.17, 15) is 4.39 Å². The van der Waals surface area contributed by atoms with Gasteiger partial charge in [-0.15, -0.1) is 19.0 Å². The van der Waals surface area contributed by atoms with E-state index >= 15 is 0 Å². The lowest BCUT2D eigenvalue weighted by molar-refractivity contribution is 0.611. The first-order valence-electron chi connectivity index (χ1n) is 4.46. The third kappa shape index (κ3) is 4.65. The highest BCUT2D eigenvalue weighted by molar-refractivity contribution is 6.30. The summed E-state index contributed by atoms with van der Waals surface area (Å²) in [4.78, 5) is 0. The van der Waals surface area contributed by atoms with E-state index in [1.54, 1.807) is 12.1 Å². The molecule has 1 nitrogen and oxygen atoms in total. The van der Waals surface area contributed by atoms with Crippen molar-refractivity contribution in [3.8, 4) is 0 Å². The van der Waals surface area contributed by atoms with Crippen molar-refractivity contribution in [1.29, 1.82) is 0 Å². The molecule has 4 heteroatoms. The minimum absolute atomic E-state index is 0. The normalized spacial score (nSPS) is 11.7. The minimum atomic E-state index is -0.346. The molecule has 0 bridgehead atoms. The number of halogens is 3. The van der Waals surface area contributed by atoms with Gasteiger partial charge in [-0.05, 0) is 36.6 Å². The third-order valence-corrected chi connectivity index (χ3v) is 2.21. The van der Waals surface area contributed by atoms with Gasteiger partial charge in [0.2, 0.25) is 0 Å². The van der Waals surface area contributed by atoms with Crippen LogP contribution in [0.3, 0.4) is 0 Å². The van der Waals surface area contributed by atoms with Crippen LogP contribution >= 0.6 is 24.0 Å². The van der Waals surface area contributed by atoms with E-state index in [1.165, 1.54) is 12.1 Å². The number of hydrogen-bond donors (Lipinski definition) is 1. The Hall–Kier alpha value is -0.570. The maximum atomic E-state index is 13.0. The molecule has 0 aliphatic carbocycles. The molecule has 1 rings (SSSR count). The van der Waals surface area contributed by atoms with Gasteiger partial charge in [0.15, 0.2) is 0 Å². The van der Waals surface area contributed by atoms with Crippen molar-refractivity contribution in [3.05, 3.63) is 47.3 Å². The van der Waals surface area contributed by atoms with E-state index in [0.717, 1.165) is 18.4 Å². The summed E-state index contributed by atoms with van der Waals surface area (Å²) in [6.07, 6.45) is 3.36. The van der Waals surface area contributed by atoms with Gasteiger partial charge in [0.25, 0.3) is 0 Å². The molecule has 1 aromatic carbocycles. The van der Waals surface area contributed by atoms with Gasteiger partial charge in [-0.3, -0.25) is 0 Å². The summed E-state index contributed by atoms with van der Waals surface area (Å²) in [6.45, 7) is 3.61. The Kier molecular flexibility index (Phi) is 6.57. The molecule has 1 aromatic rings. The number of rotatable bonds is 4. The Labute approximate surface area is 101 Å². The number of allylic oxidation sites excluding steroid dienone is 1. The van der Waals surface area contributed by atoms with Gasteiger partial charge in [0, 0.05) is 11.1 Å². The summed E-state index contributed by atoms with van der Waals surface area (Å²) >= 11 is 5.71. The van der Waals surface area contributed by atoms with Crippen LogP contribution in [0.15, 0.2) is 30.9 Å². The van der Waals surface area contributed by atoms with Crippen molar-refractivity contribution in [3.63, 3.8) is 0 Å². The molecule has 0 saturated carbocycles. The largest absolute Gasteiger partial charge is 0.324 e. The van der Waals surface area contributed by atoms with E-state index in [0.29, 0.717) is 5.02 Å². The number of hydrogen-bond acceptors (Lipinski definition) is 1. The molecule has 15 heavy (non-hydrogen) atoms. The van der Waals surface area contributed by atoms with Crippen molar-refractivity contribution in [2.24, 2.45) is 5.73 Å². The van der Waals surface area contributed by atoms with E-state index in [4.69, 9.17) is 17.3 Å². The van der Waals surface area contributed by atoms with Crippen molar-refractivity contribution in [2.45, 2.75) is 18.9 Å². The lowest BCUT2D eigenvalue weighted by Gasteiger charge is -2.11. The maximum absolute atomic E-state index is 13.0. The molecule has 2 N–H and O–H groups in total. The predicted octanol–water partition coefficient (Wildman–Crippen LogP) is 3.87. The summed E-state index contributed by atoms with van der Waals surface area (Å²) in [5.74, 6) is -0.346. The van der Waals surface area contributed by atoms with Crippen LogP contribution in [0.1, 0.15) is 24.4 Å². The van der Waals surface area contributed by atoms with E-state index in [2.05, 4.69) is 6.58 Å². The summed E-state index contributed by atoms with van der Waals surface area (Å²) in [5, 5.41) is 0.383. The second-order valence-electron chi connectivity index (χ2n) is 3.18. The molecule has 0 saturated heterocycles. The quantitative estimate of drug-likeness (QED) is 0.806. The lowest BCUT2D eigenvalue weighted by Crippen LogP contribution is -2.10. The van der Waals surface area contributed by atoms with E-state index in [1.807, 2.05) is 0 Å². The zero-order valence-corrected chi connectivity index (χ0v) is 9.82. The van der Waals surface area contributed by atoms with Gasteiger partial charge in [0.1, 0.15) is 5.82 Å². The standard InChI is InChI=1S/C11H13ClFN.ClH/c1-2-3-4-11(14)8-5-9(12)7-10(13)6-8;/h2,5-7,11H,1,3-4,14H2;1H/t11-;/m0./s1. The first-order valence-corrected chi connectivity index (χ1v) is 4.83. The Morgan fingerprint density at radius 3 is 2.67 bits per heavy atom. The smallest absolute Gasteiger partial charge is 0.125 e. The molecule has 0 amide bonds. The van der Waals surface area contributed by atoms with Crippen molar-refractivity contribution < 1.29 is 4.39 Å². The van der Waals surface area contributed by atoms with Crippen LogP contribution in [-0.2, 0) is 0 Å². The van der Waals surface area contributed by atoms with Crippen LogP contribution in [0.4, 0.5) is 4.39 Å². The van der Waals surface area contributed by atoms with Crippen molar-refractivity contribution in [2.75, 3.05) is 0 Å². The zero-order valence-electron chi connectivity index (χ0n) is 8.25. The van der Waals surface area contributed by atoms with Crippen LogP contribution in [0, 0.1) is 5.82 Å². The summed E-state index contributed by atoms with van der Waals surface area (Å²) in [5.41, 5.74) is 6.58. The van der Waals surface area contributed by atoms with Gasteiger partial charge in [-0.2, -0.15) is 0 Å². The molecular weight excluding hydrogens is 236 g/mol. The molecule has 0 aliphatic rings. The Morgan fingerprint density at radius 1 is 1.47 bits per heavy atom. The molecular formula is C11H14Cl2FN. The molecule has 1 atom stereocenters. The van der Waals surface area contributed by atoms with Gasteiger partial charge in [-0.1, -0.05) is 17.7 Å². The fourth-order valence-electron chi connectivity index (χ4n) is 1.25. The van der Waals surface area contributed by atoms with Gasteiger partial charge in [-0.25, -0.2) is 4.39 Å². The monoisotopic (exact) mass is 249 g/mol. The highest BCUT2D eigenvalue weighted by Gasteiger charge is 2.07. The summed E-state index contributed by atoms with van der Waals surface area (Å²) in [6, 6.07) is 4.20. The number of benzene rings is 1. The second kappa shape index (κ2) is 6.83. The topological polar surface area (TPSA) is 26.0 Å². The zero-order chi connectivity index (χ0) is 10.6. The average Bonchev–Trinajstić information content (AvgIpc) is 2.12. The highest BCUT2D eigenvalue weighted by atomic mass is 35.5. The average molecular weight is 250 g/mol. The first kappa shape index (κ1) is 14.4. The van der Waals surface area contributed by atoms with Crippen LogP contribution in [-0.4, -0.2) is 0 Å². The summed E-state index contributed by atoms with van der Waals surface area (Å²) in [7, 11) is 0. The molecule has 0 aliphatic heterocycles. The van der Waals surface area contributed by atoms with Gasteiger partial charge < -0.3 is 5.73 Å². The Morgan fingerprint density at radius 2 is 2.13 bits per heavy atom. The van der Waals surface area contributed by atoms with Crippen molar-refractivity contribution in [1.82, 2.24) is 0 Å². The molecule has 84 valence electrons. The van der Waals surface area contributed by atoms with E-state index in [-0.39, 0.29) is 24.3 Å². The van der Waals surface area contributed by atoms with Gasteiger partial charge in [0.05, 0.1) is 0 Å². The first-order chi connectivity index (χ1) is 6.63. The Bertz CT molecular complexity index is 308. The SMILES string of the molecule is C=CCC[C@H](N)c1cc(F)cc(Cl)c1.Cl. The van der Waals surface area contributed by atoms with Crippen LogP contribution < -0.4 is 5.73 Å². The predicted molar refractivity (Wildman–Crippen MR) is 65.0 cm³/mol. The third-order valence-electron chi connectivity index (χ3n) is 1.99. The summed E-state index contributed by atoms with van der Waals surface area (Å²) < 4.78 is 13.0. The number of nitrogens with two attached hydrogens (primary N) is 1. The highest BCUT2D eigenvalue weighted by Crippen LogP contribution is 2.21. The molecule has 0 radical (unpaired) electrons. The maximum Gasteiger partial charge on any atom is 0.125 e. The fraction of sp³-hybridized carbons (Fsp3) is 0.273. The second-order valence-corrected chi connectivity index (χ2v) is 3.61.